The van der Waals surface area contributed by atoms with Crippen LogP contribution in [-0.4, -0.2) is 35.9 Å². The Hall–Kier alpha value is -3.31. The summed E-state index contributed by atoms with van der Waals surface area (Å²) in [7, 11) is 0. The molecule has 5 nitrogen and oxygen atoms in total. The Labute approximate surface area is 176 Å². The number of para-hydroxylation sites is 1. The van der Waals surface area contributed by atoms with Crippen LogP contribution in [0.25, 0.3) is 28.9 Å². The highest BCUT2D eigenvalue weighted by Gasteiger charge is 2.13. The molecule has 30 heavy (non-hydrogen) atoms. The molecule has 0 atom stereocenters. The van der Waals surface area contributed by atoms with Crippen molar-refractivity contribution in [2.24, 2.45) is 0 Å². The number of nitrogens with zero attached hydrogens (tertiary/aromatic N) is 3. The van der Waals surface area contributed by atoms with Gasteiger partial charge in [-0.1, -0.05) is 18.2 Å². The van der Waals surface area contributed by atoms with Crippen molar-refractivity contribution >= 4 is 28.9 Å². The van der Waals surface area contributed by atoms with Crippen LogP contribution in [0.1, 0.15) is 22.8 Å². The minimum Gasteiger partial charge on any atom is -0.437 e. The van der Waals surface area contributed by atoms with E-state index < -0.39 is 0 Å². The quantitative estimate of drug-likeness (QED) is 0.471. The molecule has 3 heterocycles. The van der Waals surface area contributed by atoms with E-state index >= 15 is 0 Å². The summed E-state index contributed by atoms with van der Waals surface area (Å²) in [6.07, 6.45) is 4.03. The van der Waals surface area contributed by atoms with Gasteiger partial charge in [0.05, 0.1) is 13.2 Å². The second-order valence-corrected chi connectivity index (χ2v) is 7.63. The first-order valence-corrected chi connectivity index (χ1v) is 10.3. The van der Waals surface area contributed by atoms with Gasteiger partial charge in [0.1, 0.15) is 5.52 Å². The fourth-order valence-electron chi connectivity index (χ4n) is 4.11. The van der Waals surface area contributed by atoms with E-state index in [1.54, 1.807) is 0 Å². The SMILES string of the molecule is Cc1cc(/C=C/c2nc3cc(N4CCOCC4)ccc3o2)c(C)n1-c1ccccc1. The molecule has 5 rings (SSSR count). The Balaban J connectivity index is 1.42. The average molecular weight is 399 g/mol. The number of aryl methyl sites for hydroxylation is 1. The maximum atomic E-state index is 5.95. The molecule has 1 fully saturated rings. The maximum Gasteiger partial charge on any atom is 0.220 e. The zero-order valence-electron chi connectivity index (χ0n) is 17.3. The molecular weight excluding hydrogens is 374 g/mol. The predicted octanol–water partition coefficient (Wildman–Crippen LogP) is 5.24. The average Bonchev–Trinajstić information content (AvgIpc) is 3.32. The van der Waals surface area contributed by atoms with Gasteiger partial charge in [-0.3, -0.25) is 0 Å². The van der Waals surface area contributed by atoms with Crippen LogP contribution in [0.15, 0.2) is 59.0 Å². The minimum atomic E-state index is 0.619. The Morgan fingerprint density at radius 3 is 2.50 bits per heavy atom. The number of oxazole rings is 1. The first kappa shape index (κ1) is 18.7. The maximum absolute atomic E-state index is 5.95. The number of ether oxygens (including phenoxy) is 1. The third-order valence-electron chi connectivity index (χ3n) is 5.65. The van der Waals surface area contributed by atoms with E-state index in [1.807, 2.05) is 18.2 Å². The zero-order chi connectivity index (χ0) is 20.5. The number of anilines is 1. The van der Waals surface area contributed by atoms with Gasteiger partial charge in [0.25, 0.3) is 0 Å². The summed E-state index contributed by atoms with van der Waals surface area (Å²) in [6, 6.07) is 18.8. The molecule has 0 bridgehead atoms. The van der Waals surface area contributed by atoms with Gasteiger partial charge in [-0.15, -0.1) is 0 Å². The number of hydrogen-bond acceptors (Lipinski definition) is 4. The number of fused-ring (bicyclic) bond motifs is 1. The Morgan fingerprint density at radius 1 is 0.900 bits per heavy atom. The Morgan fingerprint density at radius 2 is 1.70 bits per heavy atom. The molecular formula is C25H25N3O2. The van der Waals surface area contributed by atoms with E-state index in [-0.39, 0.29) is 0 Å². The van der Waals surface area contributed by atoms with Crippen molar-refractivity contribution in [3.63, 3.8) is 0 Å². The lowest BCUT2D eigenvalue weighted by atomic mass is 10.2. The molecule has 0 N–H and O–H groups in total. The van der Waals surface area contributed by atoms with Crippen molar-refractivity contribution in [3.05, 3.63) is 77.4 Å². The van der Waals surface area contributed by atoms with Gasteiger partial charge in [-0.2, -0.15) is 0 Å². The molecule has 0 aliphatic carbocycles. The van der Waals surface area contributed by atoms with Gasteiger partial charge in [0, 0.05) is 41.9 Å². The third kappa shape index (κ3) is 3.53. The molecule has 4 aromatic rings. The summed E-state index contributed by atoms with van der Waals surface area (Å²) >= 11 is 0. The summed E-state index contributed by atoms with van der Waals surface area (Å²) in [5.41, 5.74) is 7.58. The summed E-state index contributed by atoms with van der Waals surface area (Å²) in [4.78, 5) is 7.01. The van der Waals surface area contributed by atoms with Crippen molar-refractivity contribution in [3.8, 4) is 5.69 Å². The van der Waals surface area contributed by atoms with Crippen LogP contribution >= 0.6 is 0 Å². The number of aromatic nitrogens is 2. The van der Waals surface area contributed by atoms with E-state index in [0.29, 0.717) is 5.89 Å². The first-order valence-electron chi connectivity index (χ1n) is 10.3. The van der Waals surface area contributed by atoms with Gasteiger partial charge >= 0.3 is 0 Å². The fourth-order valence-corrected chi connectivity index (χ4v) is 4.11. The van der Waals surface area contributed by atoms with Gasteiger partial charge in [-0.25, -0.2) is 4.98 Å². The highest BCUT2D eigenvalue weighted by molar-refractivity contribution is 5.80. The van der Waals surface area contributed by atoms with Crippen LogP contribution < -0.4 is 4.90 Å². The van der Waals surface area contributed by atoms with Crippen LogP contribution in [0.2, 0.25) is 0 Å². The Bertz CT molecular complexity index is 1200. The predicted molar refractivity (Wildman–Crippen MR) is 121 cm³/mol. The van der Waals surface area contributed by atoms with Crippen molar-refractivity contribution < 1.29 is 9.15 Å². The summed E-state index contributed by atoms with van der Waals surface area (Å²) in [6.45, 7) is 7.63. The molecule has 152 valence electrons. The molecule has 0 unspecified atom stereocenters. The molecule has 0 saturated carbocycles. The van der Waals surface area contributed by atoms with Crippen LogP contribution in [0.4, 0.5) is 5.69 Å². The molecule has 5 heteroatoms. The topological polar surface area (TPSA) is 43.4 Å². The molecule has 2 aromatic heterocycles. The monoisotopic (exact) mass is 399 g/mol. The smallest absolute Gasteiger partial charge is 0.220 e. The van der Waals surface area contributed by atoms with E-state index in [0.717, 1.165) is 43.0 Å². The van der Waals surface area contributed by atoms with Crippen LogP contribution in [0.3, 0.4) is 0 Å². The summed E-state index contributed by atoms with van der Waals surface area (Å²) < 4.78 is 13.7. The lowest BCUT2D eigenvalue weighted by Crippen LogP contribution is -2.36. The van der Waals surface area contributed by atoms with E-state index in [1.165, 1.54) is 22.8 Å². The van der Waals surface area contributed by atoms with E-state index in [4.69, 9.17) is 9.15 Å². The second-order valence-electron chi connectivity index (χ2n) is 7.63. The highest BCUT2D eigenvalue weighted by atomic mass is 16.5. The van der Waals surface area contributed by atoms with E-state index in [9.17, 15) is 0 Å². The standard InChI is InChI=1S/C25H25N3O2/c1-18-16-20(19(2)28(18)21-6-4-3-5-7-21)8-11-25-26-23-17-22(9-10-24(23)30-25)27-12-14-29-15-13-27/h3-11,16-17H,12-15H2,1-2H3/b11-8+. The largest absolute Gasteiger partial charge is 0.437 e. The number of morpholine rings is 1. The molecule has 1 aliphatic rings. The zero-order valence-corrected chi connectivity index (χ0v) is 17.3. The molecule has 1 saturated heterocycles. The molecule has 1 aliphatic heterocycles. The Kier molecular flexibility index (Phi) is 4.89. The third-order valence-corrected chi connectivity index (χ3v) is 5.65. The minimum absolute atomic E-state index is 0.619. The summed E-state index contributed by atoms with van der Waals surface area (Å²) in [5, 5.41) is 0. The van der Waals surface area contributed by atoms with Crippen molar-refractivity contribution in [2.45, 2.75) is 13.8 Å². The summed E-state index contributed by atoms with van der Waals surface area (Å²) in [5.74, 6) is 0.619. The normalized spacial score (nSPS) is 14.8. The molecule has 0 spiro atoms. The van der Waals surface area contributed by atoms with Crippen LogP contribution in [0.5, 0.6) is 0 Å². The molecule has 0 amide bonds. The van der Waals surface area contributed by atoms with Crippen molar-refractivity contribution in [2.75, 3.05) is 31.2 Å². The number of rotatable bonds is 4. The number of hydrogen-bond donors (Lipinski definition) is 0. The molecule has 0 radical (unpaired) electrons. The fraction of sp³-hybridized carbons (Fsp3) is 0.240. The second kappa shape index (κ2) is 7.84. The van der Waals surface area contributed by atoms with Crippen molar-refractivity contribution in [1.82, 2.24) is 9.55 Å². The van der Waals surface area contributed by atoms with Gasteiger partial charge in [0.15, 0.2) is 5.58 Å². The number of benzene rings is 2. The molecule has 2 aromatic carbocycles. The van der Waals surface area contributed by atoms with E-state index in [2.05, 4.69) is 76.8 Å². The van der Waals surface area contributed by atoms with Crippen LogP contribution in [0, 0.1) is 13.8 Å². The first-order chi connectivity index (χ1) is 14.7. The van der Waals surface area contributed by atoms with Gasteiger partial charge in [0.2, 0.25) is 5.89 Å². The van der Waals surface area contributed by atoms with Gasteiger partial charge < -0.3 is 18.6 Å². The lowest BCUT2D eigenvalue weighted by Gasteiger charge is -2.28. The van der Waals surface area contributed by atoms with Crippen molar-refractivity contribution in [1.29, 1.82) is 0 Å². The van der Waals surface area contributed by atoms with Gasteiger partial charge in [-0.05, 0) is 61.9 Å². The van der Waals surface area contributed by atoms with Crippen LogP contribution in [-0.2, 0) is 4.74 Å². The lowest BCUT2D eigenvalue weighted by molar-refractivity contribution is 0.122. The highest BCUT2D eigenvalue weighted by Crippen LogP contribution is 2.26.